The lowest BCUT2D eigenvalue weighted by Crippen LogP contribution is -2.06. The number of carboxylic acid groups (broad SMARTS) is 1. The van der Waals surface area contributed by atoms with Crippen LogP contribution in [0, 0.1) is 0 Å². The second-order valence-electron chi connectivity index (χ2n) is 4.53. The minimum Gasteiger partial charge on any atom is -0.476 e. The van der Waals surface area contributed by atoms with Gasteiger partial charge in [-0.25, -0.2) is 9.48 Å². The van der Waals surface area contributed by atoms with Gasteiger partial charge in [-0.3, -0.25) is 0 Å². The molecule has 0 amide bonds. The number of aromatic nitrogens is 3. The van der Waals surface area contributed by atoms with Gasteiger partial charge in [0, 0.05) is 10.4 Å². The molecule has 0 spiro atoms. The predicted octanol–water partition coefficient (Wildman–Crippen LogP) is 3.91. The zero-order valence-electron chi connectivity index (χ0n) is 9.98. The molecule has 0 saturated heterocycles. The summed E-state index contributed by atoms with van der Waals surface area (Å²) in [7, 11) is 0. The van der Waals surface area contributed by atoms with Gasteiger partial charge in [-0.05, 0) is 25.0 Å². The lowest BCUT2D eigenvalue weighted by Gasteiger charge is -2.10. The highest BCUT2D eigenvalue weighted by Gasteiger charge is 2.35. The third kappa shape index (κ3) is 2.32. The topological polar surface area (TPSA) is 68.0 Å². The smallest absolute Gasteiger partial charge is 0.358 e. The van der Waals surface area contributed by atoms with Crippen molar-refractivity contribution >= 4 is 45.1 Å². The van der Waals surface area contributed by atoms with Gasteiger partial charge in [0.15, 0.2) is 5.69 Å². The van der Waals surface area contributed by atoms with Crippen LogP contribution in [-0.2, 0) is 0 Å². The van der Waals surface area contributed by atoms with Crippen molar-refractivity contribution in [1.82, 2.24) is 15.0 Å². The molecule has 0 bridgehead atoms. The highest BCUT2D eigenvalue weighted by molar-refractivity contribution is 9.10. The number of aromatic carboxylic acids is 1. The van der Waals surface area contributed by atoms with Crippen molar-refractivity contribution < 1.29 is 9.90 Å². The van der Waals surface area contributed by atoms with Crippen LogP contribution in [0.15, 0.2) is 16.6 Å². The molecule has 1 N–H and O–H groups in total. The average Bonchev–Trinajstić information content (AvgIpc) is 3.08. The first kappa shape index (κ1) is 13.9. The zero-order chi connectivity index (χ0) is 14.4. The number of nitrogens with zero attached hydrogens (tertiary/aromatic N) is 3. The minimum atomic E-state index is -1.09. The Bertz CT molecular complexity index is 690. The number of carboxylic acids is 1. The van der Waals surface area contributed by atoms with Gasteiger partial charge in [-0.2, -0.15) is 0 Å². The lowest BCUT2D eigenvalue weighted by molar-refractivity contribution is 0.0689. The van der Waals surface area contributed by atoms with Gasteiger partial charge in [0.25, 0.3) is 0 Å². The fourth-order valence-electron chi connectivity index (χ4n) is 2.07. The number of rotatable bonds is 3. The third-order valence-corrected chi connectivity index (χ3v) is 4.10. The van der Waals surface area contributed by atoms with E-state index in [0.717, 1.165) is 17.3 Å². The summed E-state index contributed by atoms with van der Waals surface area (Å²) in [4.78, 5) is 11.2. The van der Waals surface area contributed by atoms with Crippen molar-refractivity contribution in [2.24, 2.45) is 0 Å². The summed E-state index contributed by atoms with van der Waals surface area (Å²) in [5.41, 5.74) is 0.976. The van der Waals surface area contributed by atoms with Crippen LogP contribution in [0.3, 0.4) is 0 Å². The van der Waals surface area contributed by atoms with Gasteiger partial charge >= 0.3 is 5.97 Å². The predicted molar refractivity (Wildman–Crippen MR) is 78.0 cm³/mol. The minimum absolute atomic E-state index is 0.0393. The van der Waals surface area contributed by atoms with Crippen molar-refractivity contribution in [3.05, 3.63) is 38.0 Å². The first-order chi connectivity index (χ1) is 9.49. The maximum atomic E-state index is 11.2. The van der Waals surface area contributed by atoms with E-state index in [4.69, 9.17) is 23.2 Å². The van der Waals surface area contributed by atoms with Crippen molar-refractivity contribution in [3.8, 4) is 5.69 Å². The molecule has 1 aromatic heterocycles. The Balaban J connectivity index is 2.23. The Morgan fingerprint density at radius 2 is 1.95 bits per heavy atom. The molecule has 1 saturated carbocycles. The van der Waals surface area contributed by atoms with Crippen LogP contribution < -0.4 is 0 Å². The SMILES string of the molecule is O=C(O)c1nnn(-c2c(Cl)cc(Br)cc2Cl)c1C1CC1. The molecule has 1 aromatic carbocycles. The maximum absolute atomic E-state index is 11.2. The summed E-state index contributed by atoms with van der Waals surface area (Å²) in [6, 6.07) is 3.36. The van der Waals surface area contributed by atoms with E-state index < -0.39 is 5.97 Å². The summed E-state index contributed by atoms with van der Waals surface area (Å²) in [5, 5.41) is 17.6. The van der Waals surface area contributed by atoms with Crippen LogP contribution in [0.5, 0.6) is 0 Å². The Hall–Kier alpha value is -1.11. The van der Waals surface area contributed by atoms with Crippen LogP contribution >= 0.6 is 39.1 Å². The van der Waals surface area contributed by atoms with Gasteiger partial charge < -0.3 is 5.11 Å². The van der Waals surface area contributed by atoms with Gasteiger partial charge in [0.2, 0.25) is 0 Å². The quantitative estimate of drug-likeness (QED) is 0.881. The summed E-state index contributed by atoms with van der Waals surface area (Å²) in [6.07, 6.45) is 1.83. The first-order valence-corrected chi connectivity index (χ1v) is 7.37. The summed E-state index contributed by atoms with van der Waals surface area (Å²) in [6.45, 7) is 0. The van der Waals surface area contributed by atoms with E-state index in [0.29, 0.717) is 21.4 Å². The molecule has 0 radical (unpaired) electrons. The fraction of sp³-hybridized carbons (Fsp3) is 0.250. The van der Waals surface area contributed by atoms with E-state index in [9.17, 15) is 9.90 Å². The van der Waals surface area contributed by atoms with Gasteiger partial charge in [0.05, 0.1) is 15.7 Å². The van der Waals surface area contributed by atoms with Crippen LogP contribution in [-0.4, -0.2) is 26.1 Å². The van der Waals surface area contributed by atoms with Crippen molar-refractivity contribution in [3.63, 3.8) is 0 Å². The number of hydrogen-bond acceptors (Lipinski definition) is 3. The highest BCUT2D eigenvalue weighted by atomic mass is 79.9. The molecule has 1 heterocycles. The van der Waals surface area contributed by atoms with E-state index in [1.807, 2.05) is 0 Å². The molecule has 0 aliphatic heterocycles. The zero-order valence-corrected chi connectivity index (χ0v) is 13.1. The molecule has 0 atom stereocenters. The van der Waals surface area contributed by atoms with E-state index in [2.05, 4.69) is 26.2 Å². The Morgan fingerprint density at radius 1 is 1.35 bits per heavy atom. The summed E-state index contributed by atoms with van der Waals surface area (Å²) >= 11 is 15.7. The molecular weight excluding hydrogens is 369 g/mol. The van der Waals surface area contributed by atoms with E-state index >= 15 is 0 Å². The van der Waals surface area contributed by atoms with E-state index in [1.165, 1.54) is 4.68 Å². The molecule has 1 fully saturated rings. The number of benzene rings is 1. The number of hydrogen-bond donors (Lipinski definition) is 1. The highest BCUT2D eigenvalue weighted by Crippen LogP contribution is 2.43. The normalized spacial score (nSPS) is 14.6. The Morgan fingerprint density at radius 3 is 2.45 bits per heavy atom. The maximum Gasteiger partial charge on any atom is 0.358 e. The van der Waals surface area contributed by atoms with Crippen LogP contribution in [0.4, 0.5) is 0 Å². The van der Waals surface area contributed by atoms with Crippen molar-refractivity contribution in [2.75, 3.05) is 0 Å². The summed E-state index contributed by atoms with van der Waals surface area (Å²) in [5.74, 6) is -0.950. The van der Waals surface area contributed by atoms with E-state index in [-0.39, 0.29) is 11.6 Å². The van der Waals surface area contributed by atoms with Crippen LogP contribution in [0.1, 0.15) is 34.9 Å². The Labute approximate surface area is 132 Å². The molecule has 5 nitrogen and oxygen atoms in total. The molecule has 20 heavy (non-hydrogen) atoms. The molecule has 104 valence electrons. The molecule has 3 rings (SSSR count). The Kier molecular flexibility index (Phi) is 3.48. The monoisotopic (exact) mass is 375 g/mol. The van der Waals surface area contributed by atoms with Crippen molar-refractivity contribution in [1.29, 1.82) is 0 Å². The first-order valence-electron chi connectivity index (χ1n) is 5.83. The number of halogens is 3. The van der Waals surface area contributed by atoms with Crippen LogP contribution in [0.25, 0.3) is 5.69 Å². The van der Waals surface area contributed by atoms with E-state index in [1.54, 1.807) is 12.1 Å². The summed E-state index contributed by atoms with van der Waals surface area (Å²) < 4.78 is 2.18. The van der Waals surface area contributed by atoms with Crippen molar-refractivity contribution in [2.45, 2.75) is 18.8 Å². The second-order valence-corrected chi connectivity index (χ2v) is 6.26. The average molecular weight is 377 g/mol. The molecule has 2 aromatic rings. The molecule has 1 aliphatic carbocycles. The number of carbonyl (C=O) groups is 1. The van der Waals surface area contributed by atoms with Gasteiger partial charge in [-0.1, -0.05) is 44.3 Å². The molecule has 0 unspecified atom stereocenters. The van der Waals surface area contributed by atoms with Gasteiger partial charge in [-0.15, -0.1) is 5.10 Å². The lowest BCUT2D eigenvalue weighted by atomic mass is 10.2. The largest absolute Gasteiger partial charge is 0.476 e. The standard InChI is InChI=1S/C12H8BrCl2N3O2/c13-6-3-7(14)11(8(15)4-6)18-10(5-1-2-5)9(12(19)20)16-17-18/h3-5H,1-2H2,(H,19,20). The molecule has 8 heteroatoms. The second kappa shape index (κ2) is 5.02. The molecular formula is C12H8BrCl2N3O2. The van der Waals surface area contributed by atoms with Crippen LogP contribution in [0.2, 0.25) is 10.0 Å². The molecule has 1 aliphatic rings. The fourth-order valence-corrected chi connectivity index (χ4v) is 3.44. The third-order valence-electron chi connectivity index (χ3n) is 3.07. The van der Waals surface area contributed by atoms with Gasteiger partial charge in [0.1, 0.15) is 5.69 Å².